The molecule has 0 bridgehead atoms. The van der Waals surface area contributed by atoms with Gasteiger partial charge in [0.05, 0.1) is 28.5 Å². The van der Waals surface area contributed by atoms with Gasteiger partial charge in [-0.2, -0.15) is 5.10 Å². The van der Waals surface area contributed by atoms with Crippen LogP contribution in [0.2, 0.25) is 0 Å². The summed E-state index contributed by atoms with van der Waals surface area (Å²) in [6, 6.07) is 7.88. The lowest BCUT2D eigenvalue weighted by molar-refractivity contribution is 0.0766. The van der Waals surface area contributed by atoms with E-state index in [4.69, 9.17) is 4.98 Å². The molecule has 1 amide bonds. The van der Waals surface area contributed by atoms with Crippen LogP contribution in [0.4, 0.5) is 5.82 Å². The number of amides is 1. The number of aromatic nitrogens is 4. The summed E-state index contributed by atoms with van der Waals surface area (Å²) in [4.78, 5) is 26.2. The molecule has 0 spiro atoms. The molecule has 3 heterocycles. The molecule has 0 saturated carbocycles. The van der Waals surface area contributed by atoms with E-state index in [2.05, 4.69) is 15.0 Å². The molecule has 0 unspecified atom stereocenters. The summed E-state index contributed by atoms with van der Waals surface area (Å²) >= 11 is 0. The van der Waals surface area contributed by atoms with Crippen LogP contribution in [0.5, 0.6) is 0 Å². The zero-order valence-corrected chi connectivity index (χ0v) is 15.1. The third-order valence-electron chi connectivity index (χ3n) is 4.79. The number of rotatable bonds is 2. The summed E-state index contributed by atoms with van der Waals surface area (Å²) in [6.45, 7) is 4.90. The highest BCUT2D eigenvalue weighted by Crippen LogP contribution is 2.18. The summed E-state index contributed by atoms with van der Waals surface area (Å²) in [5.74, 6) is 0.928. The van der Waals surface area contributed by atoms with E-state index in [-0.39, 0.29) is 5.91 Å². The molecule has 0 aliphatic carbocycles. The Hall–Kier alpha value is -2.96. The summed E-state index contributed by atoms with van der Waals surface area (Å²) in [7, 11) is 1.84. The van der Waals surface area contributed by atoms with Crippen LogP contribution >= 0.6 is 0 Å². The topological polar surface area (TPSA) is 67.2 Å². The normalized spacial score (nSPS) is 15.3. The highest BCUT2D eigenvalue weighted by atomic mass is 16.2. The predicted octanol–water partition coefficient (Wildman–Crippen LogP) is 2.02. The fourth-order valence-electron chi connectivity index (χ4n) is 3.43. The Morgan fingerprint density at radius 2 is 1.88 bits per heavy atom. The molecule has 0 atom stereocenters. The lowest BCUT2D eigenvalue weighted by Gasteiger charge is -2.22. The van der Waals surface area contributed by atoms with Gasteiger partial charge < -0.3 is 9.80 Å². The van der Waals surface area contributed by atoms with Crippen LogP contribution in [0.25, 0.3) is 11.0 Å². The standard InChI is InChI=1S/C19H22N6O/c1-14-15(13-23(2)22-14)19(26)25-9-5-8-24(10-11-25)18-12-20-16-6-3-4-7-17(16)21-18/h3-4,6-7,12-13H,5,8-11H2,1-2H3. The molecular weight excluding hydrogens is 328 g/mol. The van der Waals surface area contributed by atoms with Gasteiger partial charge in [0, 0.05) is 39.4 Å². The van der Waals surface area contributed by atoms with E-state index < -0.39 is 0 Å². The van der Waals surface area contributed by atoms with E-state index in [1.165, 1.54) is 0 Å². The van der Waals surface area contributed by atoms with Crippen molar-refractivity contribution in [2.24, 2.45) is 7.05 Å². The number of para-hydroxylation sites is 2. The van der Waals surface area contributed by atoms with Crippen molar-refractivity contribution in [1.29, 1.82) is 0 Å². The third-order valence-corrected chi connectivity index (χ3v) is 4.79. The second-order valence-electron chi connectivity index (χ2n) is 6.65. The van der Waals surface area contributed by atoms with Gasteiger partial charge in [0.1, 0.15) is 5.82 Å². The van der Waals surface area contributed by atoms with Crippen LogP contribution in [-0.4, -0.2) is 56.7 Å². The van der Waals surface area contributed by atoms with Crippen LogP contribution in [0, 0.1) is 6.92 Å². The number of carbonyl (C=O) groups excluding carboxylic acids is 1. The van der Waals surface area contributed by atoms with Gasteiger partial charge in [-0.3, -0.25) is 14.5 Å². The molecule has 7 nitrogen and oxygen atoms in total. The maximum absolute atomic E-state index is 12.8. The quantitative estimate of drug-likeness (QED) is 0.707. The molecule has 1 aliphatic heterocycles. The first-order valence-electron chi connectivity index (χ1n) is 8.88. The Balaban J connectivity index is 1.50. The number of aryl methyl sites for hydroxylation is 2. The molecule has 3 aromatic rings. The minimum Gasteiger partial charge on any atom is -0.353 e. The van der Waals surface area contributed by atoms with E-state index in [0.717, 1.165) is 48.6 Å². The number of anilines is 1. The van der Waals surface area contributed by atoms with Crippen LogP contribution in [0.3, 0.4) is 0 Å². The van der Waals surface area contributed by atoms with E-state index in [1.807, 2.05) is 49.3 Å². The molecule has 2 aromatic heterocycles. The molecule has 0 N–H and O–H groups in total. The first kappa shape index (κ1) is 16.5. The minimum atomic E-state index is 0.0574. The predicted molar refractivity (Wildman–Crippen MR) is 100 cm³/mol. The van der Waals surface area contributed by atoms with Crippen molar-refractivity contribution in [3.63, 3.8) is 0 Å². The second kappa shape index (κ2) is 6.74. The largest absolute Gasteiger partial charge is 0.353 e. The van der Waals surface area contributed by atoms with E-state index in [9.17, 15) is 4.79 Å². The number of fused-ring (bicyclic) bond motifs is 1. The molecule has 4 rings (SSSR count). The highest BCUT2D eigenvalue weighted by Gasteiger charge is 2.23. The van der Waals surface area contributed by atoms with Gasteiger partial charge in [0.15, 0.2) is 0 Å². The van der Waals surface area contributed by atoms with Crippen LogP contribution in [0.15, 0.2) is 36.7 Å². The SMILES string of the molecule is Cc1nn(C)cc1C(=O)N1CCCN(c2cnc3ccccc3n2)CC1. The first-order chi connectivity index (χ1) is 12.6. The fourth-order valence-corrected chi connectivity index (χ4v) is 3.43. The Labute approximate surface area is 152 Å². The second-order valence-corrected chi connectivity index (χ2v) is 6.65. The summed E-state index contributed by atoms with van der Waals surface area (Å²) in [6.07, 6.45) is 4.53. The molecule has 1 aromatic carbocycles. The third kappa shape index (κ3) is 3.12. The highest BCUT2D eigenvalue weighted by molar-refractivity contribution is 5.95. The number of hydrogen-bond acceptors (Lipinski definition) is 5. The molecule has 1 fully saturated rings. The van der Waals surface area contributed by atoms with Crippen molar-refractivity contribution in [3.05, 3.63) is 47.9 Å². The average Bonchev–Trinajstić information content (AvgIpc) is 2.85. The smallest absolute Gasteiger partial charge is 0.257 e. The van der Waals surface area contributed by atoms with Crippen LogP contribution < -0.4 is 4.90 Å². The van der Waals surface area contributed by atoms with Crippen LogP contribution in [0.1, 0.15) is 22.5 Å². The van der Waals surface area contributed by atoms with Crippen molar-refractivity contribution in [2.75, 3.05) is 31.1 Å². The van der Waals surface area contributed by atoms with Crippen LogP contribution in [-0.2, 0) is 7.05 Å². The molecule has 0 radical (unpaired) electrons. The summed E-state index contributed by atoms with van der Waals surface area (Å²) in [5.41, 5.74) is 3.26. The van der Waals surface area contributed by atoms with E-state index in [0.29, 0.717) is 12.1 Å². The van der Waals surface area contributed by atoms with Crippen molar-refractivity contribution in [2.45, 2.75) is 13.3 Å². The Morgan fingerprint density at radius 3 is 2.65 bits per heavy atom. The van der Waals surface area contributed by atoms with Gasteiger partial charge in [-0.25, -0.2) is 4.98 Å². The zero-order chi connectivity index (χ0) is 18.1. The maximum atomic E-state index is 12.8. The van der Waals surface area contributed by atoms with Crippen molar-refractivity contribution in [3.8, 4) is 0 Å². The van der Waals surface area contributed by atoms with Crippen molar-refractivity contribution < 1.29 is 4.79 Å². The average molecular weight is 350 g/mol. The van der Waals surface area contributed by atoms with Gasteiger partial charge in [0.2, 0.25) is 0 Å². The molecule has 1 saturated heterocycles. The van der Waals surface area contributed by atoms with Gasteiger partial charge in [-0.15, -0.1) is 0 Å². The summed E-state index contributed by atoms with van der Waals surface area (Å²) < 4.78 is 1.69. The monoisotopic (exact) mass is 350 g/mol. The lowest BCUT2D eigenvalue weighted by Crippen LogP contribution is -2.35. The number of carbonyl (C=O) groups is 1. The van der Waals surface area contributed by atoms with Gasteiger partial charge in [-0.05, 0) is 25.5 Å². The minimum absolute atomic E-state index is 0.0574. The van der Waals surface area contributed by atoms with E-state index >= 15 is 0 Å². The Morgan fingerprint density at radius 1 is 1.08 bits per heavy atom. The first-order valence-corrected chi connectivity index (χ1v) is 8.88. The number of benzene rings is 1. The maximum Gasteiger partial charge on any atom is 0.257 e. The Kier molecular flexibility index (Phi) is 4.28. The zero-order valence-electron chi connectivity index (χ0n) is 15.1. The Bertz CT molecular complexity index is 950. The van der Waals surface area contributed by atoms with E-state index in [1.54, 1.807) is 10.9 Å². The molecular formula is C19H22N6O. The van der Waals surface area contributed by atoms with Crippen molar-refractivity contribution >= 4 is 22.8 Å². The van der Waals surface area contributed by atoms with Gasteiger partial charge in [0.25, 0.3) is 5.91 Å². The van der Waals surface area contributed by atoms with Crippen molar-refractivity contribution in [1.82, 2.24) is 24.6 Å². The summed E-state index contributed by atoms with van der Waals surface area (Å²) in [5, 5.41) is 4.28. The van der Waals surface area contributed by atoms with Gasteiger partial charge >= 0.3 is 0 Å². The lowest BCUT2D eigenvalue weighted by atomic mass is 10.2. The molecule has 1 aliphatic rings. The molecule has 134 valence electrons. The van der Waals surface area contributed by atoms with Gasteiger partial charge in [-0.1, -0.05) is 12.1 Å². The fraction of sp³-hybridized carbons (Fsp3) is 0.368. The number of hydrogen-bond donors (Lipinski definition) is 0. The number of nitrogens with zero attached hydrogens (tertiary/aromatic N) is 6. The molecule has 26 heavy (non-hydrogen) atoms. The molecule has 7 heteroatoms.